The lowest BCUT2D eigenvalue weighted by Crippen LogP contribution is -2.19. The average molecular weight is 413 g/mol. The van der Waals surface area contributed by atoms with Gasteiger partial charge in [0.1, 0.15) is 11.5 Å². The van der Waals surface area contributed by atoms with Crippen LogP contribution in [0.4, 0.5) is 0 Å². The van der Waals surface area contributed by atoms with Gasteiger partial charge in [0.15, 0.2) is 0 Å². The molecule has 1 aromatic carbocycles. The molecule has 0 fully saturated rings. The van der Waals surface area contributed by atoms with Crippen LogP contribution in [0.5, 0.6) is 11.5 Å². The van der Waals surface area contributed by atoms with Gasteiger partial charge in [-0.1, -0.05) is 47.1 Å². The second kappa shape index (κ2) is 12.4. The minimum atomic E-state index is -0.981. The van der Waals surface area contributed by atoms with Gasteiger partial charge in [0.25, 0.3) is 0 Å². The molecule has 1 atom stereocenters. The molecule has 0 radical (unpaired) electrons. The van der Waals surface area contributed by atoms with Crippen molar-refractivity contribution in [3.63, 3.8) is 0 Å². The summed E-state index contributed by atoms with van der Waals surface area (Å²) in [6, 6.07) is 3.03. The third kappa shape index (κ3) is 10.5. The largest absolute Gasteiger partial charge is 0.508 e. The summed E-state index contributed by atoms with van der Waals surface area (Å²) in [5.74, 6) is 0.226. The van der Waals surface area contributed by atoms with E-state index in [1.165, 1.54) is 28.9 Å². The number of rotatable bonds is 11. The van der Waals surface area contributed by atoms with Crippen molar-refractivity contribution >= 4 is 6.08 Å². The molecular weight excluding hydrogens is 372 g/mol. The van der Waals surface area contributed by atoms with E-state index >= 15 is 0 Å². The Morgan fingerprint density at radius 1 is 0.867 bits per heavy atom. The lowest BCUT2D eigenvalue weighted by atomic mass is 9.96. The fraction of sp³-hybridized carbons (Fsp3) is 0.481. The van der Waals surface area contributed by atoms with E-state index in [-0.39, 0.29) is 11.5 Å². The van der Waals surface area contributed by atoms with Crippen molar-refractivity contribution in [1.29, 1.82) is 0 Å². The molecule has 3 nitrogen and oxygen atoms in total. The van der Waals surface area contributed by atoms with Gasteiger partial charge in [-0.05, 0) is 97.8 Å². The molecule has 0 saturated carbocycles. The van der Waals surface area contributed by atoms with Crippen LogP contribution >= 0.6 is 0 Å². The predicted octanol–water partition coefficient (Wildman–Crippen LogP) is 7.37. The molecule has 3 heteroatoms. The predicted molar refractivity (Wildman–Crippen MR) is 129 cm³/mol. The highest BCUT2D eigenvalue weighted by molar-refractivity contribution is 5.61. The van der Waals surface area contributed by atoms with Crippen LogP contribution in [0.3, 0.4) is 0 Å². The fourth-order valence-corrected chi connectivity index (χ4v) is 3.13. The Morgan fingerprint density at radius 2 is 1.43 bits per heavy atom. The van der Waals surface area contributed by atoms with Gasteiger partial charge in [-0.15, -0.1) is 0 Å². The smallest absolute Gasteiger partial charge is 0.123 e. The Hall–Kier alpha value is -2.26. The first-order chi connectivity index (χ1) is 14.0. The minimum Gasteiger partial charge on any atom is -0.508 e. The van der Waals surface area contributed by atoms with E-state index in [1.54, 1.807) is 26.0 Å². The van der Waals surface area contributed by atoms with Crippen molar-refractivity contribution in [3.8, 4) is 11.5 Å². The van der Waals surface area contributed by atoms with Crippen LogP contribution in [-0.4, -0.2) is 20.9 Å². The number of phenols is 2. The molecule has 0 heterocycles. The van der Waals surface area contributed by atoms with Gasteiger partial charge >= 0.3 is 0 Å². The van der Waals surface area contributed by atoms with E-state index in [0.717, 1.165) is 32.1 Å². The summed E-state index contributed by atoms with van der Waals surface area (Å²) in [6.07, 6.45) is 15.9. The number of aryl methyl sites for hydroxylation is 1. The quantitative estimate of drug-likeness (QED) is 0.263. The van der Waals surface area contributed by atoms with Gasteiger partial charge in [-0.2, -0.15) is 0 Å². The highest BCUT2D eigenvalue weighted by Crippen LogP contribution is 2.28. The van der Waals surface area contributed by atoms with Crippen molar-refractivity contribution in [2.75, 3.05) is 0 Å². The molecular formula is C27H40O3. The standard InChI is InChI=1S/C27H40O3/c1-20(2)10-7-11-21(3)12-8-13-22(4)14-9-16-27(6,30)17-15-24-19-25(28)23(5)18-26(24)29/h10,12,14-15,17-19,28-30H,7-9,11,13,16H2,1-6H3/b17-15-,21-12+,22-14+. The topological polar surface area (TPSA) is 60.7 Å². The Balaban J connectivity index is 2.49. The van der Waals surface area contributed by atoms with Crippen molar-refractivity contribution in [1.82, 2.24) is 0 Å². The summed E-state index contributed by atoms with van der Waals surface area (Å²) < 4.78 is 0. The Kier molecular flexibility index (Phi) is 10.7. The first-order valence-electron chi connectivity index (χ1n) is 10.9. The molecule has 0 aliphatic rings. The number of aliphatic hydroxyl groups is 1. The van der Waals surface area contributed by atoms with Gasteiger partial charge in [0.05, 0.1) is 5.60 Å². The highest BCUT2D eigenvalue weighted by Gasteiger charge is 2.15. The van der Waals surface area contributed by atoms with Crippen LogP contribution < -0.4 is 0 Å². The molecule has 166 valence electrons. The molecule has 0 saturated heterocycles. The first-order valence-corrected chi connectivity index (χ1v) is 10.9. The number of hydrogen-bond donors (Lipinski definition) is 3. The molecule has 1 rings (SSSR count). The summed E-state index contributed by atoms with van der Waals surface area (Å²) in [4.78, 5) is 0. The van der Waals surface area contributed by atoms with Crippen LogP contribution in [0.2, 0.25) is 0 Å². The maximum Gasteiger partial charge on any atom is 0.123 e. The highest BCUT2D eigenvalue weighted by atomic mass is 16.3. The Bertz CT molecular complexity index is 804. The first kappa shape index (κ1) is 25.8. The molecule has 0 aromatic heterocycles. The summed E-state index contributed by atoms with van der Waals surface area (Å²) in [5.41, 5.74) is 4.29. The molecule has 0 spiro atoms. The number of benzene rings is 1. The number of phenolic OH excluding ortho intramolecular Hbond substituents is 2. The Morgan fingerprint density at radius 3 is 2.03 bits per heavy atom. The van der Waals surface area contributed by atoms with Gasteiger partial charge in [0, 0.05) is 5.56 Å². The third-order valence-electron chi connectivity index (χ3n) is 5.23. The van der Waals surface area contributed by atoms with Crippen molar-refractivity contribution in [2.45, 2.75) is 85.7 Å². The number of aromatic hydroxyl groups is 2. The number of hydrogen-bond acceptors (Lipinski definition) is 3. The van der Waals surface area contributed by atoms with E-state index in [2.05, 4.69) is 45.9 Å². The molecule has 0 bridgehead atoms. The average Bonchev–Trinajstić information content (AvgIpc) is 2.63. The number of allylic oxidation sites excluding steroid dienone is 6. The molecule has 30 heavy (non-hydrogen) atoms. The molecule has 0 amide bonds. The molecule has 1 aromatic rings. The lowest BCUT2D eigenvalue weighted by molar-refractivity contribution is 0.104. The maximum atomic E-state index is 10.6. The van der Waals surface area contributed by atoms with Crippen LogP contribution in [0.15, 0.2) is 53.2 Å². The normalized spacial score (nSPS) is 14.8. The minimum absolute atomic E-state index is 0.0947. The van der Waals surface area contributed by atoms with Crippen LogP contribution in [0.25, 0.3) is 6.08 Å². The van der Waals surface area contributed by atoms with Gasteiger partial charge in [0.2, 0.25) is 0 Å². The van der Waals surface area contributed by atoms with E-state index < -0.39 is 5.60 Å². The Labute approximate surface area is 183 Å². The summed E-state index contributed by atoms with van der Waals surface area (Å²) in [5, 5.41) is 30.4. The van der Waals surface area contributed by atoms with Gasteiger partial charge < -0.3 is 15.3 Å². The maximum absolute atomic E-state index is 10.6. The van der Waals surface area contributed by atoms with E-state index in [4.69, 9.17) is 0 Å². The SMILES string of the molecule is CC(C)=CCC/C(C)=C/CC/C(C)=C/CCC(C)(O)/C=C\c1cc(O)c(C)cc1O. The molecule has 0 aliphatic carbocycles. The summed E-state index contributed by atoms with van der Waals surface area (Å²) in [7, 11) is 0. The van der Waals surface area contributed by atoms with Gasteiger partial charge in [-0.3, -0.25) is 0 Å². The van der Waals surface area contributed by atoms with Crippen molar-refractivity contribution < 1.29 is 15.3 Å². The lowest BCUT2D eigenvalue weighted by Gasteiger charge is -2.18. The summed E-state index contributed by atoms with van der Waals surface area (Å²) >= 11 is 0. The molecule has 0 aliphatic heterocycles. The fourth-order valence-electron chi connectivity index (χ4n) is 3.13. The van der Waals surface area contributed by atoms with Crippen molar-refractivity contribution in [3.05, 3.63) is 64.3 Å². The van der Waals surface area contributed by atoms with Crippen LogP contribution in [0.1, 0.15) is 84.3 Å². The zero-order valence-electron chi connectivity index (χ0n) is 19.6. The molecule has 3 N–H and O–H groups in total. The third-order valence-corrected chi connectivity index (χ3v) is 5.23. The second-order valence-electron chi connectivity index (χ2n) is 8.89. The molecule has 1 unspecified atom stereocenters. The summed E-state index contributed by atoms with van der Waals surface area (Å²) in [6.45, 7) is 12.1. The van der Waals surface area contributed by atoms with E-state index in [1.807, 2.05) is 0 Å². The van der Waals surface area contributed by atoms with Crippen molar-refractivity contribution in [2.24, 2.45) is 0 Å². The zero-order chi connectivity index (χ0) is 22.7. The van der Waals surface area contributed by atoms with Gasteiger partial charge in [-0.25, -0.2) is 0 Å². The monoisotopic (exact) mass is 412 g/mol. The van der Waals surface area contributed by atoms with E-state index in [9.17, 15) is 15.3 Å². The van der Waals surface area contributed by atoms with E-state index in [0.29, 0.717) is 17.5 Å². The zero-order valence-corrected chi connectivity index (χ0v) is 19.6. The van der Waals surface area contributed by atoms with Crippen LogP contribution in [0, 0.1) is 6.92 Å². The second-order valence-corrected chi connectivity index (χ2v) is 8.89. The van der Waals surface area contributed by atoms with Crippen LogP contribution in [-0.2, 0) is 0 Å².